The Kier molecular flexibility index (Phi) is 6.04. The maximum Gasteiger partial charge on any atom is 0.305 e. The molecule has 4 nitrogen and oxygen atoms in total. The monoisotopic (exact) mass is 271 g/mol. The van der Waals surface area contributed by atoms with Gasteiger partial charge < -0.3 is 10.0 Å². The Morgan fingerprint density at radius 1 is 1.16 bits per heavy atom. The Bertz CT molecular complexity index is 336. The van der Waals surface area contributed by atoms with Gasteiger partial charge in [0.05, 0.1) is 6.42 Å². The van der Waals surface area contributed by atoms with Crippen molar-refractivity contribution in [3.05, 3.63) is 0 Å². The van der Waals surface area contributed by atoms with Crippen molar-refractivity contribution in [2.75, 3.05) is 7.05 Å². The van der Waals surface area contributed by atoms with Crippen molar-refractivity contribution in [3.8, 4) is 0 Å². The first-order valence-electron chi connectivity index (χ1n) is 6.94. The molecule has 0 aliphatic rings. The van der Waals surface area contributed by atoms with Crippen molar-refractivity contribution in [2.45, 2.75) is 66.3 Å². The molecular formula is C15H29NO3. The van der Waals surface area contributed by atoms with Crippen LogP contribution in [-0.2, 0) is 9.59 Å². The first-order chi connectivity index (χ1) is 8.46. The zero-order valence-electron chi connectivity index (χ0n) is 13.4. The second-order valence-corrected chi connectivity index (χ2v) is 6.67. The van der Waals surface area contributed by atoms with Gasteiger partial charge in [-0.2, -0.15) is 0 Å². The molecule has 1 atom stereocenters. The summed E-state index contributed by atoms with van der Waals surface area (Å²) in [6.07, 6.45) is 1.35. The zero-order chi connectivity index (χ0) is 15.4. The molecule has 0 bridgehead atoms. The molecule has 0 radical (unpaired) electrons. The molecule has 0 rings (SSSR count). The van der Waals surface area contributed by atoms with E-state index in [4.69, 9.17) is 5.11 Å². The maximum atomic E-state index is 12.4. The van der Waals surface area contributed by atoms with Crippen LogP contribution in [0.5, 0.6) is 0 Å². The van der Waals surface area contributed by atoms with E-state index in [2.05, 4.69) is 27.7 Å². The van der Waals surface area contributed by atoms with Crippen LogP contribution in [0.4, 0.5) is 0 Å². The van der Waals surface area contributed by atoms with Crippen LogP contribution in [0.1, 0.15) is 60.8 Å². The smallest absolute Gasteiger partial charge is 0.305 e. The maximum absolute atomic E-state index is 12.4. The molecular weight excluding hydrogens is 242 g/mol. The molecule has 0 aromatic rings. The number of amides is 1. The highest BCUT2D eigenvalue weighted by Gasteiger charge is 2.35. The molecule has 0 heterocycles. The van der Waals surface area contributed by atoms with Crippen LogP contribution in [0.15, 0.2) is 0 Å². The average Bonchev–Trinajstić information content (AvgIpc) is 2.25. The van der Waals surface area contributed by atoms with Crippen LogP contribution in [0, 0.1) is 11.3 Å². The summed E-state index contributed by atoms with van der Waals surface area (Å²) >= 11 is 0. The molecule has 0 aromatic carbocycles. The normalized spacial score (nSPS) is 15.2. The third-order valence-corrected chi connectivity index (χ3v) is 4.62. The van der Waals surface area contributed by atoms with Gasteiger partial charge in [0, 0.05) is 19.0 Å². The molecule has 19 heavy (non-hydrogen) atoms. The van der Waals surface area contributed by atoms with Crippen LogP contribution in [0.2, 0.25) is 0 Å². The predicted octanol–water partition coefficient (Wildman–Crippen LogP) is 3.16. The van der Waals surface area contributed by atoms with Crippen molar-refractivity contribution in [3.63, 3.8) is 0 Å². The number of hydrogen-bond acceptors (Lipinski definition) is 2. The minimum Gasteiger partial charge on any atom is -0.481 e. The minimum atomic E-state index is -0.883. The molecule has 0 fully saturated rings. The van der Waals surface area contributed by atoms with E-state index in [0.717, 1.165) is 6.42 Å². The van der Waals surface area contributed by atoms with E-state index < -0.39 is 11.5 Å². The van der Waals surface area contributed by atoms with Crippen molar-refractivity contribution < 1.29 is 14.7 Å². The lowest BCUT2D eigenvalue weighted by Gasteiger charge is -2.39. The van der Waals surface area contributed by atoms with Crippen LogP contribution in [0.25, 0.3) is 0 Å². The number of carboxylic acid groups (broad SMARTS) is 1. The molecule has 4 heteroatoms. The van der Waals surface area contributed by atoms with E-state index in [9.17, 15) is 9.59 Å². The Balaban J connectivity index is 4.88. The standard InChI is InChI=1S/C15H29NO3/c1-8-15(6,11(2)3)9-12(17)16(7)14(4,5)10-13(18)19/h11H,8-10H2,1-7H3,(H,18,19). The lowest BCUT2D eigenvalue weighted by atomic mass is 9.74. The van der Waals surface area contributed by atoms with Crippen LogP contribution >= 0.6 is 0 Å². The number of carbonyl (C=O) groups is 2. The second-order valence-electron chi connectivity index (χ2n) is 6.67. The van der Waals surface area contributed by atoms with E-state index in [1.54, 1.807) is 25.8 Å². The number of carboxylic acids is 1. The number of carbonyl (C=O) groups excluding carboxylic acids is 1. The van der Waals surface area contributed by atoms with Gasteiger partial charge >= 0.3 is 5.97 Å². The van der Waals surface area contributed by atoms with E-state index >= 15 is 0 Å². The summed E-state index contributed by atoms with van der Waals surface area (Å²) in [6.45, 7) is 12.0. The molecule has 1 amide bonds. The third-order valence-electron chi connectivity index (χ3n) is 4.62. The van der Waals surface area contributed by atoms with E-state index in [1.165, 1.54) is 0 Å². The number of hydrogen-bond donors (Lipinski definition) is 1. The highest BCUT2D eigenvalue weighted by atomic mass is 16.4. The van der Waals surface area contributed by atoms with Crippen molar-refractivity contribution >= 4 is 11.9 Å². The van der Waals surface area contributed by atoms with Crippen LogP contribution in [0.3, 0.4) is 0 Å². The van der Waals surface area contributed by atoms with E-state index in [0.29, 0.717) is 12.3 Å². The summed E-state index contributed by atoms with van der Waals surface area (Å²) in [5, 5.41) is 8.91. The van der Waals surface area contributed by atoms with E-state index in [1.807, 2.05) is 0 Å². The van der Waals surface area contributed by atoms with Crippen LogP contribution < -0.4 is 0 Å². The van der Waals surface area contributed by atoms with Gasteiger partial charge in [0.2, 0.25) is 5.91 Å². The minimum absolute atomic E-state index is 0.0179. The number of rotatable bonds is 7. The van der Waals surface area contributed by atoms with Gasteiger partial charge in [0.15, 0.2) is 0 Å². The van der Waals surface area contributed by atoms with Crippen molar-refractivity contribution in [1.29, 1.82) is 0 Å². The van der Waals surface area contributed by atoms with Gasteiger partial charge in [-0.25, -0.2) is 0 Å². The molecule has 112 valence electrons. The Hall–Kier alpha value is -1.06. The fourth-order valence-electron chi connectivity index (χ4n) is 2.03. The topological polar surface area (TPSA) is 57.6 Å². The molecule has 0 saturated carbocycles. The van der Waals surface area contributed by atoms with Gasteiger partial charge in [-0.3, -0.25) is 9.59 Å². The van der Waals surface area contributed by atoms with Crippen molar-refractivity contribution in [2.24, 2.45) is 11.3 Å². The fourth-order valence-corrected chi connectivity index (χ4v) is 2.03. The van der Waals surface area contributed by atoms with Gasteiger partial charge in [0.1, 0.15) is 0 Å². The summed E-state index contributed by atoms with van der Waals surface area (Å²) in [6, 6.07) is 0. The summed E-state index contributed by atoms with van der Waals surface area (Å²) < 4.78 is 0. The predicted molar refractivity (Wildman–Crippen MR) is 77.0 cm³/mol. The number of nitrogens with zero attached hydrogens (tertiary/aromatic N) is 1. The summed E-state index contributed by atoms with van der Waals surface area (Å²) in [7, 11) is 1.70. The van der Waals surface area contributed by atoms with Gasteiger partial charge in [-0.1, -0.05) is 27.7 Å². The SMILES string of the molecule is CCC(C)(CC(=O)N(C)C(C)(C)CC(=O)O)C(C)C. The second kappa shape index (κ2) is 6.40. The Morgan fingerprint density at radius 2 is 1.63 bits per heavy atom. The fraction of sp³-hybridized carbons (Fsp3) is 0.867. The summed E-state index contributed by atoms with van der Waals surface area (Å²) in [4.78, 5) is 24.8. The van der Waals surface area contributed by atoms with Gasteiger partial charge in [0.25, 0.3) is 0 Å². The van der Waals surface area contributed by atoms with Gasteiger partial charge in [-0.05, 0) is 31.6 Å². The number of aliphatic carboxylic acids is 1. The lowest BCUT2D eigenvalue weighted by Crippen LogP contribution is -2.48. The summed E-state index contributed by atoms with van der Waals surface area (Å²) in [5.41, 5.74) is -0.695. The molecule has 0 aliphatic heterocycles. The average molecular weight is 271 g/mol. The third kappa shape index (κ3) is 4.84. The first-order valence-corrected chi connectivity index (χ1v) is 6.94. The lowest BCUT2D eigenvalue weighted by molar-refractivity contribution is -0.144. The quantitative estimate of drug-likeness (QED) is 0.773. The Labute approximate surface area is 117 Å². The molecule has 0 aromatic heterocycles. The van der Waals surface area contributed by atoms with Crippen LogP contribution in [-0.4, -0.2) is 34.5 Å². The molecule has 1 N–H and O–H groups in total. The van der Waals surface area contributed by atoms with Crippen molar-refractivity contribution in [1.82, 2.24) is 4.90 Å². The molecule has 1 unspecified atom stereocenters. The molecule has 0 saturated heterocycles. The van der Waals surface area contributed by atoms with Gasteiger partial charge in [-0.15, -0.1) is 0 Å². The summed E-state index contributed by atoms with van der Waals surface area (Å²) in [5.74, 6) is -0.450. The highest BCUT2D eigenvalue weighted by molar-refractivity contribution is 5.78. The molecule has 0 spiro atoms. The first kappa shape index (κ1) is 17.9. The highest BCUT2D eigenvalue weighted by Crippen LogP contribution is 2.35. The molecule has 0 aliphatic carbocycles. The largest absolute Gasteiger partial charge is 0.481 e. The zero-order valence-corrected chi connectivity index (χ0v) is 13.4. The van der Waals surface area contributed by atoms with E-state index in [-0.39, 0.29) is 17.7 Å². The Morgan fingerprint density at radius 3 is 1.95 bits per heavy atom.